The Kier molecular flexibility index (Phi) is 6.96. The van der Waals surface area contributed by atoms with E-state index in [0.717, 1.165) is 51.8 Å². The Balaban J connectivity index is 1.58. The predicted octanol–water partition coefficient (Wildman–Crippen LogP) is 1.61. The highest BCUT2D eigenvalue weighted by Crippen LogP contribution is 2.34. The minimum atomic E-state index is 0.375. The first-order chi connectivity index (χ1) is 12.2. The van der Waals surface area contributed by atoms with E-state index < -0.39 is 0 Å². The summed E-state index contributed by atoms with van der Waals surface area (Å²) in [6, 6.07) is 0.916. The van der Waals surface area contributed by atoms with Crippen molar-refractivity contribution in [3.63, 3.8) is 0 Å². The minimum absolute atomic E-state index is 0.375. The molecule has 2 bridgehead atoms. The van der Waals surface area contributed by atoms with Crippen molar-refractivity contribution in [1.29, 1.82) is 0 Å². The quantitative estimate of drug-likeness (QED) is 0.538. The topological polar surface area (TPSA) is 58.1 Å². The summed E-state index contributed by atoms with van der Waals surface area (Å²) in [6.07, 6.45) is 5.55. The van der Waals surface area contributed by atoms with Gasteiger partial charge in [0.2, 0.25) is 0 Å². The highest BCUT2D eigenvalue weighted by molar-refractivity contribution is 5.80. The van der Waals surface area contributed by atoms with Gasteiger partial charge in [0.15, 0.2) is 5.96 Å². The Morgan fingerprint density at radius 1 is 1.24 bits per heavy atom. The molecule has 6 nitrogen and oxygen atoms in total. The van der Waals surface area contributed by atoms with E-state index in [9.17, 15) is 0 Å². The summed E-state index contributed by atoms with van der Waals surface area (Å²) in [5.41, 5.74) is 0. The summed E-state index contributed by atoms with van der Waals surface area (Å²) in [5, 5.41) is 7.05. The highest BCUT2D eigenvalue weighted by Gasteiger charge is 2.41. The van der Waals surface area contributed by atoms with E-state index in [1.165, 1.54) is 19.3 Å². The van der Waals surface area contributed by atoms with E-state index in [4.69, 9.17) is 14.5 Å². The van der Waals surface area contributed by atoms with Crippen molar-refractivity contribution in [1.82, 2.24) is 15.5 Å². The number of fused-ring (bicyclic) bond motifs is 2. The van der Waals surface area contributed by atoms with E-state index in [0.29, 0.717) is 30.2 Å². The van der Waals surface area contributed by atoms with Crippen LogP contribution in [0.5, 0.6) is 0 Å². The molecule has 0 aliphatic carbocycles. The molecular weight excluding hydrogens is 316 g/mol. The standard InChI is InChI=1S/C19H36N4O2/c1-4-20-19(22-17-12-16-5-6-18(17)25-16)21-13-15(11-14(2)3)23-7-9-24-10-8-23/h14-18H,4-13H2,1-3H3,(H2,20,21,22). The Morgan fingerprint density at radius 2 is 2.04 bits per heavy atom. The maximum Gasteiger partial charge on any atom is 0.191 e. The van der Waals surface area contributed by atoms with Crippen molar-refractivity contribution in [2.24, 2.45) is 10.9 Å². The van der Waals surface area contributed by atoms with Gasteiger partial charge in [-0.3, -0.25) is 9.89 Å². The van der Waals surface area contributed by atoms with Crippen molar-refractivity contribution >= 4 is 5.96 Å². The third kappa shape index (κ3) is 5.31. The molecule has 0 amide bonds. The van der Waals surface area contributed by atoms with Gasteiger partial charge in [-0.2, -0.15) is 0 Å². The fourth-order valence-corrected chi connectivity index (χ4v) is 4.31. The molecule has 3 aliphatic rings. The zero-order chi connectivity index (χ0) is 17.6. The summed E-state index contributed by atoms with van der Waals surface area (Å²) in [4.78, 5) is 7.50. The number of nitrogens with zero attached hydrogens (tertiary/aromatic N) is 2. The van der Waals surface area contributed by atoms with Gasteiger partial charge in [-0.05, 0) is 38.5 Å². The largest absolute Gasteiger partial charge is 0.379 e. The van der Waals surface area contributed by atoms with Crippen LogP contribution >= 0.6 is 0 Å². The molecule has 0 saturated carbocycles. The molecule has 0 aromatic heterocycles. The van der Waals surface area contributed by atoms with Crippen LogP contribution in [-0.2, 0) is 9.47 Å². The van der Waals surface area contributed by atoms with Crippen LogP contribution in [0.2, 0.25) is 0 Å². The monoisotopic (exact) mass is 352 g/mol. The van der Waals surface area contributed by atoms with Gasteiger partial charge in [-0.25, -0.2) is 0 Å². The Labute approximate surface area is 152 Å². The molecule has 6 heteroatoms. The molecule has 0 aromatic carbocycles. The number of guanidine groups is 1. The smallest absolute Gasteiger partial charge is 0.191 e. The van der Waals surface area contributed by atoms with Crippen molar-refractivity contribution in [3.8, 4) is 0 Å². The van der Waals surface area contributed by atoms with Gasteiger partial charge in [-0.1, -0.05) is 13.8 Å². The number of rotatable bonds is 7. The lowest BCUT2D eigenvalue weighted by molar-refractivity contribution is 0.0143. The molecule has 3 fully saturated rings. The summed E-state index contributed by atoms with van der Waals surface area (Å²) >= 11 is 0. The molecule has 4 atom stereocenters. The van der Waals surface area contributed by atoms with Crippen molar-refractivity contribution in [3.05, 3.63) is 0 Å². The minimum Gasteiger partial charge on any atom is -0.379 e. The lowest BCUT2D eigenvalue weighted by Crippen LogP contribution is -2.49. The second-order valence-corrected chi connectivity index (χ2v) is 8.01. The van der Waals surface area contributed by atoms with Crippen molar-refractivity contribution < 1.29 is 9.47 Å². The number of morpholine rings is 1. The second-order valence-electron chi connectivity index (χ2n) is 8.01. The number of ether oxygens (including phenoxy) is 2. The van der Waals surface area contributed by atoms with Gasteiger partial charge in [0.25, 0.3) is 0 Å². The van der Waals surface area contributed by atoms with Crippen LogP contribution in [0, 0.1) is 5.92 Å². The third-order valence-corrected chi connectivity index (χ3v) is 5.54. The number of hydrogen-bond acceptors (Lipinski definition) is 4. The first kappa shape index (κ1) is 18.9. The van der Waals surface area contributed by atoms with Gasteiger partial charge in [0, 0.05) is 25.7 Å². The lowest BCUT2D eigenvalue weighted by Gasteiger charge is -2.34. The summed E-state index contributed by atoms with van der Waals surface area (Å²) in [6.45, 7) is 12.2. The van der Waals surface area contributed by atoms with Crippen LogP contribution in [-0.4, -0.2) is 74.5 Å². The Morgan fingerprint density at radius 3 is 2.64 bits per heavy atom. The molecule has 25 heavy (non-hydrogen) atoms. The maximum atomic E-state index is 5.97. The average molecular weight is 353 g/mol. The zero-order valence-electron chi connectivity index (χ0n) is 16.2. The molecule has 3 aliphatic heterocycles. The summed E-state index contributed by atoms with van der Waals surface area (Å²) in [5.74, 6) is 1.63. The zero-order valence-corrected chi connectivity index (χ0v) is 16.2. The number of aliphatic imine (C=N–C) groups is 1. The van der Waals surface area contributed by atoms with Gasteiger partial charge >= 0.3 is 0 Å². The summed E-state index contributed by atoms with van der Waals surface area (Å²) in [7, 11) is 0. The molecule has 144 valence electrons. The van der Waals surface area contributed by atoms with E-state index in [1.807, 2.05) is 0 Å². The summed E-state index contributed by atoms with van der Waals surface area (Å²) < 4.78 is 11.5. The fourth-order valence-electron chi connectivity index (χ4n) is 4.31. The van der Waals surface area contributed by atoms with E-state index in [2.05, 4.69) is 36.3 Å². The molecule has 2 N–H and O–H groups in total. The van der Waals surface area contributed by atoms with Crippen LogP contribution < -0.4 is 10.6 Å². The van der Waals surface area contributed by atoms with E-state index in [-0.39, 0.29) is 0 Å². The van der Waals surface area contributed by atoms with E-state index in [1.54, 1.807) is 0 Å². The second kappa shape index (κ2) is 9.19. The average Bonchev–Trinajstić information content (AvgIpc) is 3.22. The van der Waals surface area contributed by atoms with Gasteiger partial charge in [0.05, 0.1) is 38.0 Å². The third-order valence-electron chi connectivity index (χ3n) is 5.54. The van der Waals surface area contributed by atoms with Crippen LogP contribution in [0.25, 0.3) is 0 Å². The van der Waals surface area contributed by atoms with Crippen LogP contribution in [0.15, 0.2) is 4.99 Å². The first-order valence-corrected chi connectivity index (χ1v) is 10.2. The van der Waals surface area contributed by atoms with Gasteiger partial charge in [0.1, 0.15) is 0 Å². The number of nitrogens with one attached hydrogen (secondary N) is 2. The molecule has 4 unspecified atom stereocenters. The molecular formula is C19H36N4O2. The van der Waals surface area contributed by atoms with Gasteiger partial charge < -0.3 is 20.1 Å². The van der Waals surface area contributed by atoms with Crippen molar-refractivity contribution in [2.75, 3.05) is 39.4 Å². The highest BCUT2D eigenvalue weighted by atomic mass is 16.5. The molecule has 0 aromatic rings. The molecule has 0 radical (unpaired) electrons. The normalized spacial score (nSPS) is 31.5. The molecule has 3 heterocycles. The van der Waals surface area contributed by atoms with E-state index >= 15 is 0 Å². The van der Waals surface area contributed by atoms with Crippen molar-refractivity contribution in [2.45, 2.75) is 70.7 Å². The Bertz CT molecular complexity index is 437. The van der Waals surface area contributed by atoms with Gasteiger partial charge in [-0.15, -0.1) is 0 Å². The van der Waals surface area contributed by atoms with Crippen LogP contribution in [0.4, 0.5) is 0 Å². The Hall–Kier alpha value is -0.850. The first-order valence-electron chi connectivity index (χ1n) is 10.2. The molecule has 0 spiro atoms. The predicted molar refractivity (Wildman–Crippen MR) is 101 cm³/mol. The molecule has 3 rings (SSSR count). The lowest BCUT2D eigenvalue weighted by atomic mass is 9.96. The number of hydrogen-bond donors (Lipinski definition) is 2. The maximum absolute atomic E-state index is 5.97. The van der Waals surface area contributed by atoms with Crippen LogP contribution in [0.3, 0.4) is 0 Å². The van der Waals surface area contributed by atoms with Crippen LogP contribution in [0.1, 0.15) is 46.5 Å². The molecule has 3 saturated heterocycles. The fraction of sp³-hybridized carbons (Fsp3) is 0.947. The SMILES string of the molecule is CCNC(=NCC(CC(C)C)N1CCOCC1)NC1CC2CCC1O2.